The highest BCUT2D eigenvalue weighted by molar-refractivity contribution is 6.39. The lowest BCUT2D eigenvalue weighted by molar-refractivity contribution is -0.135. The maximum absolute atomic E-state index is 11.5. The fourth-order valence-corrected chi connectivity index (χ4v) is 1.47. The monoisotopic (exact) mass is 236 g/mol. The number of rotatable bonds is 2. The summed E-state index contributed by atoms with van der Waals surface area (Å²) >= 11 is 0. The molecule has 0 aromatic heterocycles. The highest BCUT2D eigenvalue weighted by atomic mass is 16.5. The molecule has 0 heterocycles. The number of ether oxygens (including phenoxy) is 1. The topological polar surface area (TPSA) is 72.6 Å². The molecule has 0 saturated heterocycles. The summed E-state index contributed by atoms with van der Waals surface area (Å²) in [6, 6.07) is 3.60. The third-order valence-electron chi connectivity index (χ3n) is 2.67. The van der Waals surface area contributed by atoms with Crippen LogP contribution in [0.1, 0.15) is 11.1 Å². The van der Waals surface area contributed by atoms with Gasteiger partial charge in [0.15, 0.2) is 0 Å². The van der Waals surface area contributed by atoms with Crippen molar-refractivity contribution in [2.45, 2.75) is 13.8 Å². The van der Waals surface area contributed by atoms with Crippen LogP contribution in [0.3, 0.4) is 0 Å². The van der Waals surface area contributed by atoms with Crippen molar-refractivity contribution in [3.63, 3.8) is 0 Å². The first kappa shape index (κ1) is 13.0. The van der Waals surface area contributed by atoms with Gasteiger partial charge in [0.05, 0.1) is 12.8 Å². The van der Waals surface area contributed by atoms with Gasteiger partial charge >= 0.3 is 11.8 Å². The molecule has 0 fully saturated rings. The van der Waals surface area contributed by atoms with Crippen molar-refractivity contribution in [1.29, 1.82) is 0 Å². The van der Waals surface area contributed by atoms with Gasteiger partial charge in [0, 0.05) is 7.05 Å². The number of hydrogen-bond acceptors (Lipinski definition) is 3. The van der Waals surface area contributed by atoms with Gasteiger partial charge in [-0.05, 0) is 37.1 Å². The molecule has 0 saturated carbocycles. The van der Waals surface area contributed by atoms with Crippen molar-refractivity contribution in [3.8, 4) is 5.75 Å². The highest BCUT2D eigenvalue weighted by Crippen LogP contribution is 2.30. The summed E-state index contributed by atoms with van der Waals surface area (Å²) in [4.78, 5) is 23.5. The van der Waals surface area contributed by atoms with E-state index < -0.39 is 11.8 Å². The van der Waals surface area contributed by atoms with Crippen molar-refractivity contribution >= 4 is 17.5 Å². The maximum atomic E-state index is 11.5. The molecule has 5 nitrogen and oxygen atoms in total. The van der Waals surface area contributed by atoms with Gasteiger partial charge in [-0.2, -0.15) is 0 Å². The number of amides is 2. The first-order chi connectivity index (χ1) is 7.88. The zero-order valence-electron chi connectivity index (χ0n) is 10.4. The normalized spacial score (nSPS) is 9.88. The Kier molecular flexibility index (Phi) is 3.73. The van der Waals surface area contributed by atoms with E-state index in [0.29, 0.717) is 11.4 Å². The van der Waals surface area contributed by atoms with E-state index in [1.54, 1.807) is 6.07 Å². The molecule has 2 amide bonds. The van der Waals surface area contributed by atoms with Gasteiger partial charge in [0.25, 0.3) is 0 Å². The third kappa shape index (κ3) is 2.55. The Hall–Kier alpha value is -2.04. The number of nitrogens with two attached hydrogens (primary N) is 1. The Bertz CT molecular complexity index is 469. The van der Waals surface area contributed by atoms with Gasteiger partial charge in [-0.15, -0.1) is 0 Å². The average molecular weight is 236 g/mol. The van der Waals surface area contributed by atoms with Crippen molar-refractivity contribution in [2.24, 2.45) is 5.73 Å². The van der Waals surface area contributed by atoms with Crippen LogP contribution in [0.2, 0.25) is 0 Å². The van der Waals surface area contributed by atoms with Crippen LogP contribution < -0.4 is 15.4 Å². The lowest BCUT2D eigenvalue weighted by Gasteiger charge is -2.20. The second kappa shape index (κ2) is 4.86. The van der Waals surface area contributed by atoms with Gasteiger partial charge in [-0.25, -0.2) is 0 Å². The van der Waals surface area contributed by atoms with E-state index in [2.05, 4.69) is 0 Å². The summed E-state index contributed by atoms with van der Waals surface area (Å²) in [5.41, 5.74) is 7.54. The summed E-state index contributed by atoms with van der Waals surface area (Å²) in [5.74, 6) is -1.23. The number of nitrogens with zero attached hydrogens (tertiary/aromatic N) is 1. The van der Waals surface area contributed by atoms with Crippen LogP contribution in [0.15, 0.2) is 12.1 Å². The molecule has 17 heavy (non-hydrogen) atoms. The van der Waals surface area contributed by atoms with Crippen molar-refractivity contribution in [2.75, 3.05) is 19.1 Å². The van der Waals surface area contributed by atoms with Crippen LogP contribution in [-0.2, 0) is 9.59 Å². The quantitative estimate of drug-likeness (QED) is 0.770. The number of methoxy groups -OCH3 is 1. The number of benzene rings is 1. The van der Waals surface area contributed by atoms with Crippen molar-refractivity contribution in [3.05, 3.63) is 23.3 Å². The first-order valence-electron chi connectivity index (χ1n) is 5.11. The molecule has 1 aromatic rings. The van der Waals surface area contributed by atoms with E-state index in [1.165, 1.54) is 19.1 Å². The first-order valence-corrected chi connectivity index (χ1v) is 5.11. The third-order valence-corrected chi connectivity index (χ3v) is 2.67. The van der Waals surface area contributed by atoms with E-state index >= 15 is 0 Å². The Balaban J connectivity index is 3.25. The molecule has 0 unspecified atom stereocenters. The van der Waals surface area contributed by atoms with Crippen LogP contribution in [-0.4, -0.2) is 26.0 Å². The van der Waals surface area contributed by atoms with E-state index in [9.17, 15) is 9.59 Å². The van der Waals surface area contributed by atoms with Crippen LogP contribution >= 0.6 is 0 Å². The minimum atomic E-state index is -0.993. The average Bonchev–Trinajstić information content (AvgIpc) is 2.29. The van der Waals surface area contributed by atoms with Crippen LogP contribution in [0.25, 0.3) is 0 Å². The van der Waals surface area contributed by atoms with Crippen LogP contribution in [0.5, 0.6) is 5.75 Å². The summed E-state index contributed by atoms with van der Waals surface area (Å²) in [5, 5.41) is 0. The van der Waals surface area contributed by atoms with Crippen LogP contribution in [0, 0.1) is 13.8 Å². The molecule has 0 bridgehead atoms. The van der Waals surface area contributed by atoms with Gasteiger partial charge in [-0.3, -0.25) is 9.59 Å². The minimum Gasteiger partial charge on any atom is -0.495 e. The number of carbonyl (C=O) groups excluding carboxylic acids is 2. The lowest BCUT2D eigenvalue weighted by atomic mass is 10.1. The maximum Gasteiger partial charge on any atom is 0.315 e. The molecular formula is C12H16N2O3. The zero-order valence-corrected chi connectivity index (χ0v) is 10.4. The molecule has 0 atom stereocenters. The second-order valence-corrected chi connectivity index (χ2v) is 3.84. The smallest absolute Gasteiger partial charge is 0.315 e. The van der Waals surface area contributed by atoms with Gasteiger partial charge in [-0.1, -0.05) is 0 Å². The molecule has 0 aliphatic carbocycles. The minimum absolute atomic E-state index is 0.527. The number of likely N-dealkylation sites (N-methyl/N-ethyl adjacent to an activating group) is 1. The number of hydrogen-bond donors (Lipinski definition) is 1. The van der Waals surface area contributed by atoms with E-state index in [1.807, 2.05) is 19.9 Å². The molecular weight excluding hydrogens is 220 g/mol. The molecule has 5 heteroatoms. The van der Waals surface area contributed by atoms with Crippen molar-refractivity contribution in [1.82, 2.24) is 0 Å². The number of anilines is 1. The predicted molar refractivity (Wildman–Crippen MR) is 65.1 cm³/mol. The largest absolute Gasteiger partial charge is 0.495 e. The zero-order chi connectivity index (χ0) is 13.2. The van der Waals surface area contributed by atoms with Gasteiger partial charge in [0.2, 0.25) is 0 Å². The molecule has 2 N–H and O–H groups in total. The molecule has 1 rings (SSSR count). The van der Waals surface area contributed by atoms with E-state index in [-0.39, 0.29) is 0 Å². The summed E-state index contributed by atoms with van der Waals surface area (Å²) < 4.78 is 5.19. The van der Waals surface area contributed by atoms with Crippen molar-refractivity contribution < 1.29 is 14.3 Å². The number of carbonyl (C=O) groups is 2. The Morgan fingerprint density at radius 3 is 2.24 bits per heavy atom. The van der Waals surface area contributed by atoms with E-state index in [0.717, 1.165) is 11.1 Å². The Morgan fingerprint density at radius 1 is 1.24 bits per heavy atom. The number of primary amides is 1. The second-order valence-electron chi connectivity index (χ2n) is 3.84. The molecule has 0 aliphatic rings. The lowest BCUT2D eigenvalue weighted by Crippen LogP contribution is -2.37. The van der Waals surface area contributed by atoms with Gasteiger partial charge < -0.3 is 15.4 Å². The molecule has 92 valence electrons. The Labute approximate surface area is 100 Å². The molecule has 1 aromatic carbocycles. The summed E-state index contributed by atoms with van der Waals surface area (Å²) in [6.07, 6.45) is 0. The molecule has 0 radical (unpaired) electrons. The fourth-order valence-electron chi connectivity index (χ4n) is 1.47. The van der Waals surface area contributed by atoms with E-state index in [4.69, 9.17) is 10.5 Å². The SMILES string of the molecule is COc1cc(C)c(C)cc1N(C)C(=O)C(N)=O. The fraction of sp³-hybridized carbons (Fsp3) is 0.333. The van der Waals surface area contributed by atoms with Crippen LogP contribution in [0.4, 0.5) is 5.69 Å². The summed E-state index contributed by atoms with van der Waals surface area (Å²) in [7, 11) is 3.00. The van der Waals surface area contributed by atoms with Gasteiger partial charge in [0.1, 0.15) is 5.75 Å². The summed E-state index contributed by atoms with van der Waals surface area (Å²) in [6.45, 7) is 3.86. The standard InChI is InChI=1S/C12H16N2O3/c1-7-5-9(10(17-4)6-8(7)2)14(3)12(16)11(13)15/h5-6H,1-4H3,(H2,13,15). The molecule has 0 spiro atoms. The molecule has 0 aliphatic heterocycles. The number of aryl methyl sites for hydroxylation is 2. The highest BCUT2D eigenvalue weighted by Gasteiger charge is 2.20. The Morgan fingerprint density at radius 2 is 1.76 bits per heavy atom. The predicted octanol–water partition coefficient (Wildman–Crippen LogP) is 0.760.